The van der Waals surface area contributed by atoms with E-state index in [0.717, 1.165) is 19.5 Å². The van der Waals surface area contributed by atoms with E-state index in [2.05, 4.69) is 24.1 Å². The van der Waals surface area contributed by atoms with Crippen LogP contribution in [0.15, 0.2) is 0 Å². The second kappa shape index (κ2) is 8.76. The molecule has 4 heteroatoms. The molecule has 1 amide bonds. The minimum atomic E-state index is 0. The molecule has 0 aliphatic carbocycles. The minimum absolute atomic E-state index is 0. The molecule has 1 aliphatic heterocycles. The van der Waals surface area contributed by atoms with Crippen molar-refractivity contribution in [2.45, 2.75) is 52.0 Å². The smallest absolute Gasteiger partial charge is 0.224 e. The van der Waals surface area contributed by atoms with Crippen LogP contribution in [0, 0.1) is 5.92 Å². The second-order valence-electron chi connectivity index (χ2n) is 5.22. The summed E-state index contributed by atoms with van der Waals surface area (Å²) < 4.78 is 0. The van der Waals surface area contributed by atoms with Crippen molar-refractivity contribution < 1.29 is 4.79 Å². The number of likely N-dealkylation sites (tertiary alicyclic amines) is 1. The van der Waals surface area contributed by atoms with E-state index < -0.39 is 0 Å². The lowest BCUT2D eigenvalue weighted by atomic mass is 9.94. The summed E-state index contributed by atoms with van der Waals surface area (Å²) in [5.41, 5.74) is 0. The van der Waals surface area contributed by atoms with E-state index >= 15 is 0 Å². The SMILES string of the molecule is CNCCC(=O)N1CCCCC1CC(C)C.Cl. The molecule has 1 rings (SSSR count). The molecule has 1 atom stereocenters. The fourth-order valence-corrected chi connectivity index (χ4v) is 2.49. The molecule has 0 aromatic rings. The van der Waals surface area contributed by atoms with Crippen LogP contribution in [0.2, 0.25) is 0 Å². The standard InChI is InChI=1S/C13H26N2O.ClH/c1-11(2)10-12-6-4-5-9-15(12)13(16)7-8-14-3;/h11-12,14H,4-10H2,1-3H3;1H. The number of piperidine rings is 1. The Morgan fingerprint density at radius 2 is 2.12 bits per heavy atom. The van der Waals surface area contributed by atoms with Crippen molar-refractivity contribution in [2.75, 3.05) is 20.1 Å². The predicted octanol–water partition coefficient (Wildman–Crippen LogP) is 2.44. The molecule has 1 N–H and O–H groups in total. The molecule has 1 fully saturated rings. The van der Waals surface area contributed by atoms with Gasteiger partial charge in [0.1, 0.15) is 0 Å². The third-order valence-electron chi connectivity index (χ3n) is 3.28. The molecule has 3 nitrogen and oxygen atoms in total. The van der Waals surface area contributed by atoms with Crippen molar-refractivity contribution in [3.63, 3.8) is 0 Å². The molecular formula is C13H27ClN2O. The topological polar surface area (TPSA) is 32.3 Å². The van der Waals surface area contributed by atoms with Gasteiger partial charge in [0.15, 0.2) is 0 Å². The number of halogens is 1. The highest BCUT2D eigenvalue weighted by atomic mass is 35.5. The Hall–Kier alpha value is -0.280. The Labute approximate surface area is 112 Å². The van der Waals surface area contributed by atoms with E-state index in [1.165, 1.54) is 19.3 Å². The Kier molecular flexibility index (Phi) is 8.61. The summed E-state index contributed by atoms with van der Waals surface area (Å²) in [4.78, 5) is 14.2. The molecule has 102 valence electrons. The second-order valence-corrected chi connectivity index (χ2v) is 5.22. The average molecular weight is 263 g/mol. The number of nitrogens with one attached hydrogen (secondary N) is 1. The fourth-order valence-electron chi connectivity index (χ4n) is 2.49. The van der Waals surface area contributed by atoms with Crippen LogP contribution in [0.1, 0.15) is 46.0 Å². The van der Waals surface area contributed by atoms with Gasteiger partial charge >= 0.3 is 0 Å². The third kappa shape index (κ3) is 5.73. The Morgan fingerprint density at radius 1 is 1.41 bits per heavy atom. The van der Waals surface area contributed by atoms with Crippen LogP contribution in [-0.4, -0.2) is 37.0 Å². The number of carbonyl (C=O) groups is 1. The molecule has 1 aliphatic rings. The highest BCUT2D eigenvalue weighted by molar-refractivity contribution is 5.85. The van der Waals surface area contributed by atoms with Crippen LogP contribution in [0.5, 0.6) is 0 Å². The highest BCUT2D eigenvalue weighted by Gasteiger charge is 2.26. The summed E-state index contributed by atoms with van der Waals surface area (Å²) in [7, 11) is 1.90. The summed E-state index contributed by atoms with van der Waals surface area (Å²) in [6.45, 7) is 6.25. The van der Waals surface area contributed by atoms with Crippen molar-refractivity contribution in [1.82, 2.24) is 10.2 Å². The first-order chi connectivity index (χ1) is 7.65. The van der Waals surface area contributed by atoms with Crippen molar-refractivity contribution in [3.05, 3.63) is 0 Å². The van der Waals surface area contributed by atoms with Gasteiger partial charge in [0.05, 0.1) is 0 Å². The molecule has 1 heterocycles. The van der Waals surface area contributed by atoms with Crippen molar-refractivity contribution in [2.24, 2.45) is 5.92 Å². The van der Waals surface area contributed by atoms with E-state index in [4.69, 9.17) is 0 Å². The van der Waals surface area contributed by atoms with Gasteiger partial charge in [-0.3, -0.25) is 4.79 Å². The summed E-state index contributed by atoms with van der Waals surface area (Å²) in [6, 6.07) is 0.498. The number of hydrogen-bond donors (Lipinski definition) is 1. The summed E-state index contributed by atoms with van der Waals surface area (Å²) in [5, 5.41) is 3.05. The van der Waals surface area contributed by atoms with Crippen molar-refractivity contribution >= 4 is 18.3 Å². The van der Waals surface area contributed by atoms with Gasteiger partial charge in [-0.1, -0.05) is 13.8 Å². The van der Waals surface area contributed by atoms with Gasteiger partial charge in [-0.2, -0.15) is 0 Å². The van der Waals surface area contributed by atoms with Gasteiger partial charge < -0.3 is 10.2 Å². The molecule has 0 aromatic carbocycles. The van der Waals surface area contributed by atoms with E-state index in [0.29, 0.717) is 24.3 Å². The van der Waals surface area contributed by atoms with Crippen LogP contribution in [-0.2, 0) is 4.79 Å². The Morgan fingerprint density at radius 3 is 2.71 bits per heavy atom. The lowest BCUT2D eigenvalue weighted by molar-refractivity contribution is -0.135. The van der Waals surface area contributed by atoms with Crippen LogP contribution in [0.3, 0.4) is 0 Å². The maximum atomic E-state index is 12.0. The molecule has 0 spiro atoms. The quantitative estimate of drug-likeness (QED) is 0.826. The maximum Gasteiger partial charge on any atom is 0.224 e. The lowest BCUT2D eigenvalue weighted by Gasteiger charge is -2.37. The Bertz CT molecular complexity index is 221. The average Bonchev–Trinajstić information content (AvgIpc) is 2.26. The van der Waals surface area contributed by atoms with Gasteiger partial charge in [-0.05, 0) is 38.6 Å². The number of carbonyl (C=O) groups excluding carboxylic acids is 1. The van der Waals surface area contributed by atoms with Gasteiger partial charge in [0.2, 0.25) is 5.91 Å². The zero-order valence-corrected chi connectivity index (χ0v) is 12.2. The lowest BCUT2D eigenvalue weighted by Crippen LogP contribution is -2.45. The van der Waals surface area contributed by atoms with Gasteiger partial charge in [0.25, 0.3) is 0 Å². The largest absolute Gasteiger partial charge is 0.340 e. The van der Waals surface area contributed by atoms with Gasteiger partial charge in [-0.25, -0.2) is 0 Å². The number of hydrogen-bond acceptors (Lipinski definition) is 2. The molecular weight excluding hydrogens is 236 g/mol. The summed E-state index contributed by atoms with van der Waals surface area (Å²) in [6.07, 6.45) is 5.47. The van der Waals surface area contributed by atoms with Crippen molar-refractivity contribution in [1.29, 1.82) is 0 Å². The van der Waals surface area contributed by atoms with Crippen LogP contribution in [0.25, 0.3) is 0 Å². The van der Waals surface area contributed by atoms with Crippen LogP contribution < -0.4 is 5.32 Å². The molecule has 0 aromatic heterocycles. The van der Waals surface area contributed by atoms with E-state index in [1.54, 1.807) is 0 Å². The first kappa shape index (κ1) is 16.7. The molecule has 17 heavy (non-hydrogen) atoms. The van der Waals surface area contributed by atoms with Gasteiger partial charge in [-0.15, -0.1) is 12.4 Å². The first-order valence-electron chi connectivity index (χ1n) is 6.59. The van der Waals surface area contributed by atoms with E-state index in [9.17, 15) is 4.79 Å². The predicted molar refractivity (Wildman–Crippen MR) is 74.6 cm³/mol. The number of amides is 1. The molecule has 1 unspecified atom stereocenters. The minimum Gasteiger partial charge on any atom is -0.340 e. The highest BCUT2D eigenvalue weighted by Crippen LogP contribution is 2.23. The number of nitrogens with zero attached hydrogens (tertiary/aromatic N) is 1. The number of rotatable bonds is 5. The monoisotopic (exact) mass is 262 g/mol. The molecule has 0 bridgehead atoms. The van der Waals surface area contributed by atoms with Crippen molar-refractivity contribution in [3.8, 4) is 0 Å². The van der Waals surface area contributed by atoms with E-state index in [-0.39, 0.29) is 12.4 Å². The molecule has 1 saturated heterocycles. The first-order valence-corrected chi connectivity index (χ1v) is 6.59. The molecule has 0 radical (unpaired) electrons. The van der Waals surface area contributed by atoms with Gasteiger partial charge in [0, 0.05) is 25.6 Å². The maximum absolute atomic E-state index is 12.0. The zero-order valence-electron chi connectivity index (χ0n) is 11.4. The van der Waals surface area contributed by atoms with E-state index in [1.807, 2.05) is 7.05 Å². The normalized spacial score (nSPS) is 20.2. The Balaban J connectivity index is 0.00000256. The van der Waals surface area contributed by atoms with Crippen LogP contribution in [0.4, 0.5) is 0 Å². The molecule has 0 saturated carbocycles. The summed E-state index contributed by atoms with van der Waals surface area (Å²) in [5.74, 6) is 1.02. The fraction of sp³-hybridized carbons (Fsp3) is 0.923. The summed E-state index contributed by atoms with van der Waals surface area (Å²) >= 11 is 0. The van der Waals surface area contributed by atoms with Crippen LogP contribution >= 0.6 is 12.4 Å². The zero-order chi connectivity index (χ0) is 12.0. The third-order valence-corrected chi connectivity index (χ3v) is 3.28.